The van der Waals surface area contributed by atoms with Gasteiger partial charge in [-0.15, -0.1) is 11.8 Å². The number of hydrogen-bond donors (Lipinski definition) is 2. The van der Waals surface area contributed by atoms with Crippen LogP contribution in [0.3, 0.4) is 0 Å². The molecule has 0 aromatic carbocycles. The molecule has 2 fully saturated rings. The van der Waals surface area contributed by atoms with Gasteiger partial charge in [0.15, 0.2) is 0 Å². The van der Waals surface area contributed by atoms with Crippen molar-refractivity contribution in [3.63, 3.8) is 0 Å². The van der Waals surface area contributed by atoms with Crippen LogP contribution in [-0.2, 0) is 14.4 Å². The molecule has 4 unspecified atom stereocenters. The number of nitrogens with one attached hydrogen (secondary N) is 1. The van der Waals surface area contributed by atoms with Gasteiger partial charge in [-0.2, -0.15) is 0 Å². The zero-order valence-corrected chi connectivity index (χ0v) is 13.2. The fraction of sp³-hybridized carbons (Fsp3) is 0.786. The molecule has 1 aliphatic carbocycles. The first-order valence-corrected chi connectivity index (χ1v) is 8.52. The normalized spacial score (nSPS) is 29.6. The number of rotatable bonds is 5. The Balaban J connectivity index is 2.00. The number of carboxylic acid groups (broad SMARTS) is 1. The second-order valence-electron chi connectivity index (χ2n) is 5.77. The Labute approximate surface area is 128 Å². The summed E-state index contributed by atoms with van der Waals surface area (Å²) in [5.74, 6) is -1.20. The molecule has 0 aromatic rings. The van der Waals surface area contributed by atoms with E-state index in [4.69, 9.17) is 5.11 Å². The van der Waals surface area contributed by atoms with E-state index in [1.54, 1.807) is 16.7 Å². The van der Waals surface area contributed by atoms with Gasteiger partial charge in [0.1, 0.15) is 6.04 Å². The van der Waals surface area contributed by atoms with Gasteiger partial charge >= 0.3 is 5.97 Å². The maximum Gasteiger partial charge on any atom is 0.307 e. The predicted molar refractivity (Wildman–Crippen MR) is 79.7 cm³/mol. The molecule has 6 nitrogen and oxygen atoms in total. The number of carboxylic acids is 1. The fourth-order valence-corrected chi connectivity index (χ4v) is 3.79. The highest BCUT2D eigenvalue weighted by molar-refractivity contribution is 7.99. The summed E-state index contributed by atoms with van der Waals surface area (Å²) < 4.78 is 0. The van der Waals surface area contributed by atoms with Crippen molar-refractivity contribution in [1.82, 2.24) is 10.2 Å². The highest BCUT2D eigenvalue weighted by Crippen LogP contribution is 2.37. The SMILES string of the molecule is CCC(C)NC(=O)C1CSCN1C(=O)C1CCC1C(=O)O. The van der Waals surface area contributed by atoms with Crippen molar-refractivity contribution < 1.29 is 19.5 Å². The van der Waals surface area contributed by atoms with Gasteiger partial charge in [0, 0.05) is 11.8 Å². The number of thioether (sulfide) groups is 1. The molecule has 1 saturated heterocycles. The Morgan fingerprint density at radius 1 is 1.33 bits per heavy atom. The van der Waals surface area contributed by atoms with E-state index in [1.165, 1.54) is 0 Å². The Bertz CT molecular complexity index is 443. The molecule has 0 bridgehead atoms. The summed E-state index contributed by atoms with van der Waals surface area (Å²) in [7, 11) is 0. The van der Waals surface area contributed by atoms with Crippen molar-refractivity contribution in [3.8, 4) is 0 Å². The maximum atomic E-state index is 12.5. The summed E-state index contributed by atoms with van der Waals surface area (Å²) in [4.78, 5) is 37.3. The summed E-state index contributed by atoms with van der Waals surface area (Å²) in [6, 6.07) is -0.387. The van der Waals surface area contributed by atoms with E-state index in [0.717, 1.165) is 6.42 Å². The van der Waals surface area contributed by atoms with Crippen molar-refractivity contribution in [2.24, 2.45) is 11.8 Å². The summed E-state index contributed by atoms with van der Waals surface area (Å²) in [6.07, 6.45) is 2.00. The van der Waals surface area contributed by atoms with E-state index in [0.29, 0.717) is 24.5 Å². The average Bonchev–Trinajstić information content (AvgIpc) is 2.85. The Hall–Kier alpha value is -1.24. The summed E-state index contributed by atoms with van der Waals surface area (Å²) in [6.45, 7) is 3.92. The first kappa shape index (κ1) is 16.1. The zero-order chi connectivity index (χ0) is 15.6. The third kappa shape index (κ3) is 3.33. The summed E-state index contributed by atoms with van der Waals surface area (Å²) in [5.41, 5.74) is 0. The molecule has 2 N–H and O–H groups in total. The molecular formula is C14H22N2O4S. The van der Waals surface area contributed by atoms with Crippen molar-refractivity contribution in [2.75, 3.05) is 11.6 Å². The molecule has 7 heteroatoms. The molecule has 21 heavy (non-hydrogen) atoms. The summed E-state index contributed by atoms with van der Waals surface area (Å²) in [5, 5.41) is 12.0. The van der Waals surface area contributed by atoms with Gasteiger partial charge in [-0.25, -0.2) is 0 Å². The van der Waals surface area contributed by atoms with Crippen LogP contribution in [0.15, 0.2) is 0 Å². The van der Waals surface area contributed by atoms with Crippen LogP contribution >= 0.6 is 11.8 Å². The lowest BCUT2D eigenvalue weighted by molar-refractivity contribution is -0.157. The Kier molecular flexibility index (Phi) is 5.13. The lowest BCUT2D eigenvalue weighted by Gasteiger charge is -2.36. The van der Waals surface area contributed by atoms with Crippen molar-refractivity contribution in [2.45, 2.75) is 45.2 Å². The Morgan fingerprint density at radius 2 is 2.00 bits per heavy atom. The van der Waals surface area contributed by atoms with E-state index in [9.17, 15) is 14.4 Å². The van der Waals surface area contributed by atoms with Gasteiger partial charge < -0.3 is 15.3 Å². The van der Waals surface area contributed by atoms with Gasteiger partial charge in [-0.3, -0.25) is 14.4 Å². The second kappa shape index (κ2) is 6.68. The van der Waals surface area contributed by atoms with Gasteiger partial charge in [0.2, 0.25) is 11.8 Å². The van der Waals surface area contributed by atoms with Crippen molar-refractivity contribution in [3.05, 3.63) is 0 Å². The molecule has 0 aromatic heterocycles. The average molecular weight is 314 g/mol. The van der Waals surface area contributed by atoms with Gasteiger partial charge in [0.05, 0.1) is 17.7 Å². The lowest BCUT2D eigenvalue weighted by Crippen LogP contribution is -2.53. The fourth-order valence-electron chi connectivity index (χ4n) is 2.62. The molecule has 2 aliphatic rings. The van der Waals surface area contributed by atoms with Crippen LogP contribution in [0.2, 0.25) is 0 Å². The quantitative estimate of drug-likeness (QED) is 0.788. The van der Waals surface area contributed by atoms with E-state index < -0.39 is 23.8 Å². The lowest BCUT2D eigenvalue weighted by atomic mass is 9.73. The van der Waals surface area contributed by atoms with Crippen LogP contribution in [0.5, 0.6) is 0 Å². The molecule has 118 valence electrons. The standard InChI is InChI=1S/C14H22N2O4S/c1-3-8(2)15-12(17)11-6-21-7-16(11)13(18)9-4-5-10(9)14(19)20/h8-11H,3-7H2,1-2H3,(H,15,17)(H,19,20). The molecule has 0 spiro atoms. The third-order valence-electron chi connectivity index (χ3n) is 4.38. The third-order valence-corrected chi connectivity index (χ3v) is 5.39. The topological polar surface area (TPSA) is 86.7 Å². The van der Waals surface area contributed by atoms with E-state index in [1.807, 2.05) is 13.8 Å². The Morgan fingerprint density at radius 3 is 2.52 bits per heavy atom. The number of amides is 2. The minimum atomic E-state index is -0.910. The molecule has 4 atom stereocenters. The monoisotopic (exact) mass is 314 g/mol. The summed E-state index contributed by atoms with van der Waals surface area (Å²) >= 11 is 1.54. The van der Waals surface area contributed by atoms with E-state index >= 15 is 0 Å². The van der Waals surface area contributed by atoms with Crippen LogP contribution in [0.1, 0.15) is 33.1 Å². The molecule has 1 heterocycles. The zero-order valence-electron chi connectivity index (χ0n) is 12.4. The molecule has 2 amide bonds. The molecule has 1 aliphatic heterocycles. The molecule has 0 radical (unpaired) electrons. The van der Waals surface area contributed by atoms with Gasteiger partial charge in [-0.1, -0.05) is 6.92 Å². The van der Waals surface area contributed by atoms with E-state index in [2.05, 4.69) is 5.32 Å². The number of nitrogens with zero attached hydrogens (tertiary/aromatic N) is 1. The number of carbonyl (C=O) groups is 3. The largest absolute Gasteiger partial charge is 0.481 e. The first-order valence-electron chi connectivity index (χ1n) is 7.37. The van der Waals surface area contributed by atoms with Crippen LogP contribution < -0.4 is 5.32 Å². The minimum absolute atomic E-state index is 0.0792. The minimum Gasteiger partial charge on any atom is -0.481 e. The molecule has 1 saturated carbocycles. The molecular weight excluding hydrogens is 292 g/mol. The second-order valence-corrected chi connectivity index (χ2v) is 6.77. The number of hydrogen-bond acceptors (Lipinski definition) is 4. The van der Waals surface area contributed by atoms with Gasteiger partial charge in [-0.05, 0) is 26.2 Å². The van der Waals surface area contributed by atoms with Gasteiger partial charge in [0.25, 0.3) is 0 Å². The highest BCUT2D eigenvalue weighted by atomic mass is 32.2. The van der Waals surface area contributed by atoms with Crippen molar-refractivity contribution >= 4 is 29.5 Å². The smallest absolute Gasteiger partial charge is 0.307 e. The van der Waals surface area contributed by atoms with Crippen molar-refractivity contribution in [1.29, 1.82) is 0 Å². The predicted octanol–water partition coefficient (Wildman–Crippen LogP) is 0.913. The first-order chi connectivity index (χ1) is 9.95. The maximum absolute atomic E-state index is 12.5. The highest BCUT2D eigenvalue weighted by Gasteiger charge is 2.46. The van der Waals surface area contributed by atoms with Crippen LogP contribution in [0.4, 0.5) is 0 Å². The van der Waals surface area contributed by atoms with Crippen LogP contribution in [-0.4, -0.2) is 51.5 Å². The van der Waals surface area contributed by atoms with E-state index in [-0.39, 0.29) is 17.9 Å². The number of aliphatic carboxylic acids is 1. The van der Waals surface area contributed by atoms with Crippen LogP contribution in [0, 0.1) is 11.8 Å². The number of carbonyl (C=O) groups excluding carboxylic acids is 2. The molecule has 2 rings (SSSR count). The van der Waals surface area contributed by atoms with Crippen LogP contribution in [0.25, 0.3) is 0 Å².